The summed E-state index contributed by atoms with van der Waals surface area (Å²) < 4.78 is 0. The van der Waals surface area contributed by atoms with Gasteiger partial charge in [0, 0.05) is 18.9 Å². The molecule has 4 aliphatic rings. The van der Waals surface area contributed by atoms with Crippen molar-refractivity contribution in [3.05, 3.63) is 0 Å². The van der Waals surface area contributed by atoms with Gasteiger partial charge in [0.2, 0.25) is 11.8 Å². The normalized spacial score (nSPS) is 32.5. The number of fused-ring (bicyclic) bond motifs is 1. The van der Waals surface area contributed by atoms with E-state index in [-0.39, 0.29) is 35.4 Å². The molecule has 0 aromatic carbocycles. The quantitative estimate of drug-likeness (QED) is 0.498. The number of primary amides is 1. The van der Waals surface area contributed by atoms with Crippen molar-refractivity contribution in [1.29, 1.82) is 0 Å². The van der Waals surface area contributed by atoms with Crippen LogP contribution in [0.2, 0.25) is 0 Å². The first-order chi connectivity index (χ1) is 15.1. The van der Waals surface area contributed by atoms with Crippen molar-refractivity contribution in [2.75, 3.05) is 6.54 Å². The van der Waals surface area contributed by atoms with Crippen molar-refractivity contribution < 1.29 is 19.5 Å². The molecular formula is C25H41N3O4. The number of rotatable bonds is 9. The average molecular weight is 448 g/mol. The molecule has 4 fully saturated rings. The zero-order valence-electron chi connectivity index (χ0n) is 19.7. The van der Waals surface area contributed by atoms with E-state index in [0.717, 1.165) is 44.9 Å². The fourth-order valence-corrected chi connectivity index (χ4v) is 6.86. The second kappa shape index (κ2) is 9.05. The number of hydrogen-bond donors (Lipinski definition) is 3. The highest BCUT2D eigenvalue weighted by atomic mass is 16.3. The lowest BCUT2D eigenvalue weighted by molar-refractivity contribution is -0.143. The number of Topliss-reactive ketones (excluding diaryl/α,β-unsaturated/α-hetero) is 1. The summed E-state index contributed by atoms with van der Waals surface area (Å²) in [6.45, 7) is 4.91. The van der Waals surface area contributed by atoms with E-state index >= 15 is 0 Å². The highest BCUT2D eigenvalue weighted by Gasteiger charge is 2.69. The van der Waals surface area contributed by atoms with Crippen LogP contribution in [-0.4, -0.2) is 52.3 Å². The molecule has 3 saturated carbocycles. The summed E-state index contributed by atoms with van der Waals surface area (Å²) in [7, 11) is 0. The minimum absolute atomic E-state index is 0.0256. The molecule has 0 aromatic rings. The summed E-state index contributed by atoms with van der Waals surface area (Å²) in [6.07, 6.45) is 8.07. The fraction of sp³-hybridized carbons (Fsp3) is 0.880. The van der Waals surface area contributed by atoms with Crippen molar-refractivity contribution in [3.63, 3.8) is 0 Å². The molecule has 1 aliphatic heterocycles. The molecule has 4 rings (SSSR count). The monoisotopic (exact) mass is 447 g/mol. The van der Waals surface area contributed by atoms with Gasteiger partial charge in [-0.2, -0.15) is 0 Å². The second-order valence-corrected chi connectivity index (χ2v) is 11.6. The average Bonchev–Trinajstić information content (AvgIpc) is 3.08. The largest absolute Gasteiger partial charge is 0.383 e. The first-order valence-corrected chi connectivity index (χ1v) is 12.7. The number of ketones is 1. The zero-order valence-corrected chi connectivity index (χ0v) is 19.7. The number of amides is 2. The van der Waals surface area contributed by atoms with E-state index in [4.69, 9.17) is 11.5 Å². The van der Waals surface area contributed by atoms with Gasteiger partial charge in [0.25, 0.3) is 0 Å². The Labute approximate surface area is 191 Å². The summed E-state index contributed by atoms with van der Waals surface area (Å²) in [4.78, 5) is 40.5. The number of aliphatic hydroxyl groups excluding tert-OH is 1. The van der Waals surface area contributed by atoms with Crippen molar-refractivity contribution in [3.8, 4) is 0 Å². The molecule has 7 heteroatoms. The maximum atomic E-state index is 13.6. The highest BCUT2D eigenvalue weighted by Crippen LogP contribution is 2.65. The minimum Gasteiger partial charge on any atom is -0.383 e. The van der Waals surface area contributed by atoms with Gasteiger partial charge >= 0.3 is 0 Å². The molecule has 0 spiro atoms. The van der Waals surface area contributed by atoms with Gasteiger partial charge in [-0.1, -0.05) is 52.4 Å². The number of likely N-dealkylation sites (tertiary alicyclic amines) is 1. The summed E-state index contributed by atoms with van der Waals surface area (Å²) in [6, 6.07) is -1.05. The SMILES string of the molecule is CC1(C)C2[C@@H](C(=O)CC(CC3CCC3)C(O)C(N)=O)N(C(=O)[C@@H](N)C3CCCCC3)C[C@@H]21. The maximum absolute atomic E-state index is 13.6. The van der Waals surface area contributed by atoms with Gasteiger partial charge in [-0.05, 0) is 48.3 Å². The van der Waals surface area contributed by atoms with Crippen LogP contribution in [0, 0.1) is 35.0 Å². The minimum atomic E-state index is -1.32. The van der Waals surface area contributed by atoms with Crippen LogP contribution in [-0.2, 0) is 14.4 Å². The molecule has 3 aliphatic carbocycles. The van der Waals surface area contributed by atoms with Crippen LogP contribution in [0.4, 0.5) is 0 Å². The molecule has 2 amide bonds. The van der Waals surface area contributed by atoms with Gasteiger partial charge in [-0.25, -0.2) is 0 Å². The van der Waals surface area contributed by atoms with E-state index in [1.165, 1.54) is 6.42 Å². The number of aliphatic hydroxyl groups is 1. The Bertz CT molecular complexity index is 743. The van der Waals surface area contributed by atoms with E-state index < -0.39 is 30.0 Å². The van der Waals surface area contributed by atoms with E-state index in [1.54, 1.807) is 4.90 Å². The topological polar surface area (TPSA) is 127 Å². The lowest BCUT2D eigenvalue weighted by Gasteiger charge is -2.36. The molecule has 0 radical (unpaired) electrons. The standard InChI is InChI=1S/C25H41N3O4/c1-25(2)17-13-28(24(32)20(26)15-9-4-3-5-10-15)21(19(17)25)18(29)12-16(22(30)23(27)31)11-14-7-6-8-14/h14-17,19-22,30H,3-13,26H2,1-2H3,(H2,27,31)/t16?,17-,19?,20-,21+,22?/m0/s1. The molecule has 1 saturated heterocycles. The van der Waals surface area contributed by atoms with Crippen LogP contribution in [0.5, 0.6) is 0 Å². The molecule has 0 bridgehead atoms. The first-order valence-electron chi connectivity index (χ1n) is 12.7. The summed E-state index contributed by atoms with van der Waals surface area (Å²) in [5.74, 6) is -0.313. The third kappa shape index (κ3) is 4.35. The van der Waals surface area contributed by atoms with Gasteiger partial charge < -0.3 is 21.5 Å². The van der Waals surface area contributed by atoms with Gasteiger partial charge in [0.15, 0.2) is 5.78 Å². The predicted molar refractivity (Wildman–Crippen MR) is 121 cm³/mol. The van der Waals surface area contributed by atoms with Crippen molar-refractivity contribution in [2.24, 2.45) is 46.5 Å². The van der Waals surface area contributed by atoms with E-state index in [0.29, 0.717) is 24.8 Å². The number of nitrogens with zero attached hydrogens (tertiary/aromatic N) is 1. The fourth-order valence-electron chi connectivity index (χ4n) is 6.86. The number of hydrogen-bond acceptors (Lipinski definition) is 5. The molecule has 180 valence electrons. The second-order valence-electron chi connectivity index (χ2n) is 11.6. The molecule has 1 heterocycles. The lowest BCUT2D eigenvalue weighted by atomic mass is 9.75. The number of nitrogens with two attached hydrogens (primary N) is 2. The molecule has 0 aromatic heterocycles. The summed E-state index contributed by atoms with van der Waals surface area (Å²) >= 11 is 0. The van der Waals surface area contributed by atoms with Crippen LogP contribution in [0.25, 0.3) is 0 Å². The first kappa shape index (κ1) is 23.7. The number of carbonyl (C=O) groups excluding carboxylic acids is 3. The summed E-state index contributed by atoms with van der Waals surface area (Å²) in [5.41, 5.74) is 11.9. The molecule has 5 N–H and O–H groups in total. The van der Waals surface area contributed by atoms with Crippen LogP contribution >= 0.6 is 0 Å². The van der Waals surface area contributed by atoms with Gasteiger partial charge in [0.1, 0.15) is 6.10 Å². The Kier molecular flexibility index (Phi) is 6.70. The Morgan fingerprint density at radius 2 is 1.72 bits per heavy atom. The van der Waals surface area contributed by atoms with E-state index in [1.807, 2.05) is 0 Å². The Balaban J connectivity index is 1.49. The van der Waals surface area contributed by atoms with Gasteiger partial charge in [-0.15, -0.1) is 0 Å². The van der Waals surface area contributed by atoms with Crippen molar-refractivity contribution >= 4 is 17.6 Å². The van der Waals surface area contributed by atoms with Crippen LogP contribution in [0.1, 0.15) is 78.1 Å². The van der Waals surface area contributed by atoms with E-state index in [9.17, 15) is 19.5 Å². The number of piperidine rings is 1. The maximum Gasteiger partial charge on any atom is 0.246 e. The van der Waals surface area contributed by atoms with E-state index in [2.05, 4.69) is 13.8 Å². The molecule has 6 atom stereocenters. The van der Waals surface area contributed by atoms with Crippen molar-refractivity contribution in [1.82, 2.24) is 4.90 Å². The molecule has 3 unspecified atom stereocenters. The third-order valence-electron chi connectivity index (χ3n) is 9.33. The Morgan fingerprint density at radius 3 is 2.28 bits per heavy atom. The molecule has 7 nitrogen and oxygen atoms in total. The molecule has 32 heavy (non-hydrogen) atoms. The third-order valence-corrected chi connectivity index (χ3v) is 9.33. The summed E-state index contributed by atoms with van der Waals surface area (Å²) in [5, 5.41) is 10.4. The zero-order chi connectivity index (χ0) is 23.2. The molecular weight excluding hydrogens is 406 g/mol. The number of carbonyl (C=O) groups is 3. The van der Waals surface area contributed by atoms with Gasteiger partial charge in [-0.3, -0.25) is 14.4 Å². The van der Waals surface area contributed by atoms with Crippen molar-refractivity contribution in [2.45, 2.75) is 96.2 Å². The van der Waals surface area contributed by atoms with Crippen LogP contribution in [0.3, 0.4) is 0 Å². The Morgan fingerprint density at radius 1 is 1.06 bits per heavy atom. The smallest absolute Gasteiger partial charge is 0.246 e. The lowest BCUT2D eigenvalue weighted by Crippen LogP contribution is -2.54. The van der Waals surface area contributed by atoms with Gasteiger partial charge in [0.05, 0.1) is 12.1 Å². The highest BCUT2D eigenvalue weighted by molar-refractivity contribution is 5.93. The van der Waals surface area contributed by atoms with Crippen LogP contribution < -0.4 is 11.5 Å². The Hall–Kier alpha value is -1.47. The predicted octanol–water partition coefficient (Wildman–Crippen LogP) is 1.99. The van der Waals surface area contributed by atoms with Crippen LogP contribution in [0.15, 0.2) is 0 Å².